The normalized spacial score (nSPS) is 9.08. The number of thiocarbonyl (C=S) groups is 2. The molecule has 0 saturated carbocycles. The second kappa shape index (κ2) is 18.9. The lowest BCUT2D eigenvalue weighted by molar-refractivity contribution is 0.415. The number of nitrogens with zero attached hydrogens (tertiary/aromatic N) is 2. The van der Waals surface area contributed by atoms with Crippen molar-refractivity contribution >= 4 is 56.4 Å². The SMILES string of the molecule is C.C=CC.COc1ccc(-c2ccnn2-c2ccccc2S(N)(=O)=O)cc1Cl.NC(O)=S.NC(O)=S.O. The quantitative estimate of drug-likeness (QED) is 0.219. The van der Waals surface area contributed by atoms with Gasteiger partial charge in [0, 0.05) is 5.56 Å². The van der Waals surface area contributed by atoms with Crippen LogP contribution >= 0.6 is 36.0 Å². The highest BCUT2D eigenvalue weighted by Gasteiger charge is 2.18. The topological polar surface area (TPSA) is 211 Å². The van der Waals surface area contributed by atoms with Crippen LogP contribution in [0.4, 0.5) is 0 Å². The summed E-state index contributed by atoms with van der Waals surface area (Å²) in [5, 5.41) is 24.1. The van der Waals surface area contributed by atoms with Gasteiger partial charge in [0.05, 0.1) is 29.7 Å². The van der Waals surface area contributed by atoms with Gasteiger partial charge in [-0.3, -0.25) is 0 Å². The summed E-state index contributed by atoms with van der Waals surface area (Å²) in [6.45, 7) is 5.25. The molecule has 0 unspecified atom stereocenters. The van der Waals surface area contributed by atoms with E-state index in [-0.39, 0.29) is 17.8 Å². The minimum atomic E-state index is -3.88. The maximum atomic E-state index is 11.8. The number of allylic oxidation sites excluding steroid dienone is 1. The number of nitrogens with two attached hydrogens (primary N) is 3. The smallest absolute Gasteiger partial charge is 0.251 e. The van der Waals surface area contributed by atoms with E-state index in [0.29, 0.717) is 22.2 Å². The predicted octanol–water partition coefficient (Wildman–Crippen LogP) is 3.43. The second-order valence-corrected chi connectivity index (χ2v) is 8.85. The Balaban J connectivity index is -0.000000762. The summed E-state index contributed by atoms with van der Waals surface area (Å²) >= 11 is 13.9. The maximum absolute atomic E-state index is 11.8. The molecule has 3 rings (SSSR count). The van der Waals surface area contributed by atoms with E-state index in [9.17, 15) is 8.42 Å². The van der Waals surface area contributed by atoms with Crippen LogP contribution < -0.4 is 21.3 Å². The molecule has 15 heteroatoms. The molecule has 0 radical (unpaired) electrons. The third-order valence-corrected chi connectivity index (χ3v) is 4.74. The van der Waals surface area contributed by atoms with Crippen LogP contribution in [0, 0.1) is 0 Å². The van der Waals surface area contributed by atoms with E-state index in [1.54, 1.807) is 48.7 Å². The molecular weight excluding hydrogens is 562 g/mol. The van der Waals surface area contributed by atoms with Crippen molar-refractivity contribution in [1.82, 2.24) is 9.78 Å². The molecule has 0 saturated heterocycles. The van der Waals surface area contributed by atoms with E-state index in [1.165, 1.54) is 17.9 Å². The lowest BCUT2D eigenvalue weighted by atomic mass is 10.1. The summed E-state index contributed by atoms with van der Waals surface area (Å²) in [7, 11) is -2.35. The molecular formula is C22H32ClN5O6S3. The zero-order chi connectivity index (χ0) is 27.2. The zero-order valence-electron chi connectivity index (χ0n) is 19.3. The summed E-state index contributed by atoms with van der Waals surface area (Å²) in [4.78, 5) is -0.00504. The summed E-state index contributed by atoms with van der Waals surface area (Å²) in [5.41, 5.74) is 10.6. The number of benzene rings is 2. The standard InChI is InChI=1S/C16H14ClN3O3S.C3H6.2CH3NOS.CH4.H2O/c1-23-15-7-6-11(10-12(15)17)13-8-9-19-20(13)14-4-2-3-5-16(14)24(18,21)22;1-3-2;2*2-1(3)4;;/h2-10H,1H3,(H2,18,21,22);3H,1H2,2H3;2*(H3,2,3,4);1H4;1H2. The Morgan fingerprint density at radius 1 is 1.14 bits per heavy atom. The molecule has 11 nitrogen and oxygen atoms in total. The van der Waals surface area contributed by atoms with Gasteiger partial charge in [-0.2, -0.15) is 5.10 Å². The first kappa shape index (κ1) is 38.3. The largest absolute Gasteiger partial charge is 0.495 e. The van der Waals surface area contributed by atoms with Crippen LogP contribution in [-0.2, 0) is 10.0 Å². The van der Waals surface area contributed by atoms with Crippen LogP contribution in [0.1, 0.15) is 14.4 Å². The van der Waals surface area contributed by atoms with Gasteiger partial charge in [0.25, 0.3) is 10.3 Å². The number of methoxy groups -OCH3 is 1. The van der Waals surface area contributed by atoms with Crippen LogP contribution in [0.5, 0.6) is 5.75 Å². The van der Waals surface area contributed by atoms with E-state index in [0.717, 1.165) is 5.56 Å². The van der Waals surface area contributed by atoms with Crippen LogP contribution in [-0.4, -0.2) is 51.3 Å². The number of sulfonamides is 1. The van der Waals surface area contributed by atoms with Gasteiger partial charge in [0.15, 0.2) is 0 Å². The number of hydrogen-bond donors (Lipinski definition) is 5. The minimum Gasteiger partial charge on any atom is -0.495 e. The molecule has 0 bridgehead atoms. The van der Waals surface area contributed by atoms with Gasteiger partial charge in [-0.1, -0.05) is 37.2 Å². The van der Waals surface area contributed by atoms with Gasteiger partial charge >= 0.3 is 0 Å². The molecule has 0 atom stereocenters. The van der Waals surface area contributed by atoms with Gasteiger partial charge in [0.2, 0.25) is 10.0 Å². The van der Waals surface area contributed by atoms with Crippen LogP contribution in [0.15, 0.2) is 72.3 Å². The van der Waals surface area contributed by atoms with Gasteiger partial charge in [-0.25, -0.2) is 18.2 Å². The number of hydrogen-bond acceptors (Lipinski definition) is 6. The minimum absolute atomic E-state index is 0. The van der Waals surface area contributed by atoms with Crippen molar-refractivity contribution in [2.45, 2.75) is 19.2 Å². The predicted molar refractivity (Wildman–Crippen MR) is 157 cm³/mol. The van der Waals surface area contributed by atoms with Gasteiger partial charge in [-0.15, -0.1) is 6.58 Å². The average Bonchev–Trinajstić information content (AvgIpc) is 3.23. The zero-order valence-corrected chi connectivity index (χ0v) is 22.5. The number of ether oxygens (including phenoxy) is 1. The number of halogens is 1. The fourth-order valence-corrected chi connectivity index (χ4v) is 3.38. The van der Waals surface area contributed by atoms with E-state index in [2.05, 4.69) is 47.6 Å². The fourth-order valence-electron chi connectivity index (χ4n) is 2.41. The molecule has 1 heterocycles. The number of para-hydroxylation sites is 1. The number of aliphatic hydroxyl groups is 2. The van der Waals surface area contributed by atoms with Crippen LogP contribution in [0.2, 0.25) is 5.02 Å². The lowest BCUT2D eigenvalue weighted by Gasteiger charge is -2.12. The van der Waals surface area contributed by atoms with Crippen molar-refractivity contribution in [2.75, 3.05) is 7.11 Å². The Bertz CT molecular complexity index is 1230. The molecule has 0 aliphatic carbocycles. The lowest BCUT2D eigenvalue weighted by Crippen LogP contribution is -2.16. The number of aromatic nitrogens is 2. The third-order valence-electron chi connectivity index (χ3n) is 3.49. The monoisotopic (exact) mass is 593 g/mol. The molecule has 37 heavy (non-hydrogen) atoms. The summed E-state index contributed by atoms with van der Waals surface area (Å²) in [6, 6.07) is 13.5. The molecule has 0 aliphatic rings. The Morgan fingerprint density at radius 2 is 1.62 bits per heavy atom. The van der Waals surface area contributed by atoms with Crippen molar-refractivity contribution in [2.24, 2.45) is 16.6 Å². The maximum Gasteiger partial charge on any atom is 0.251 e. The fraction of sp³-hybridized carbons (Fsp3) is 0.136. The molecule has 0 spiro atoms. The highest BCUT2D eigenvalue weighted by atomic mass is 35.5. The Labute approximate surface area is 232 Å². The third kappa shape index (κ3) is 14.2. The Morgan fingerprint density at radius 3 is 2.05 bits per heavy atom. The molecule has 0 fully saturated rings. The molecule has 3 aromatic rings. The number of aliphatic hydroxyl groups excluding tert-OH is 2. The van der Waals surface area contributed by atoms with Crippen LogP contribution in [0.3, 0.4) is 0 Å². The molecule has 0 aliphatic heterocycles. The molecule has 206 valence electrons. The van der Waals surface area contributed by atoms with Gasteiger partial charge in [-0.05, 0) is 67.8 Å². The summed E-state index contributed by atoms with van der Waals surface area (Å²) in [6.07, 6.45) is 3.33. The first-order valence-electron chi connectivity index (χ1n) is 9.34. The Hall–Kier alpha value is -3.27. The van der Waals surface area contributed by atoms with Crippen molar-refractivity contribution in [3.8, 4) is 22.7 Å². The second-order valence-electron chi connectivity index (χ2n) is 6.08. The first-order chi connectivity index (χ1) is 16.3. The summed E-state index contributed by atoms with van der Waals surface area (Å²) < 4.78 is 30.3. The summed E-state index contributed by atoms with van der Waals surface area (Å²) in [5.74, 6) is 0.552. The molecule has 0 amide bonds. The highest BCUT2D eigenvalue weighted by molar-refractivity contribution is 7.89. The van der Waals surface area contributed by atoms with Crippen molar-refractivity contribution in [3.63, 3.8) is 0 Å². The van der Waals surface area contributed by atoms with E-state index >= 15 is 0 Å². The first-order valence-corrected chi connectivity index (χ1v) is 12.1. The number of rotatable bonds is 4. The van der Waals surface area contributed by atoms with Crippen molar-refractivity contribution in [3.05, 3.63) is 72.4 Å². The molecule has 2 aromatic carbocycles. The molecule has 10 N–H and O–H groups in total. The van der Waals surface area contributed by atoms with Crippen molar-refractivity contribution < 1.29 is 28.8 Å². The van der Waals surface area contributed by atoms with E-state index < -0.39 is 20.4 Å². The van der Waals surface area contributed by atoms with E-state index in [4.69, 9.17) is 31.7 Å². The van der Waals surface area contributed by atoms with Crippen molar-refractivity contribution in [1.29, 1.82) is 0 Å². The highest BCUT2D eigenvalue weighted by Crippen LogP contribution is 2.32. The molecule has 1 aromatic heterocycles. The van der Waals surface area contributed by atoms with Gasteiger partial charge in [0.1, 0.15) is 10.6 Å². The van der Waals surface area contributed by atoms with E-state index in [1.807, 2.05) is 13.0 Å². The number of primary sulfonamides is 1. The van der Waals surface area contributed by atoms with Gasteiger partial charge < -0.3 is 31.9 Å². The Kier molecular flexibility index (Phi) is 19.6. The average molecular weight is 594 g/mol. The van der Waals surface area contributed by atoms with Crippen LogP contribution in [0.25, 0.3) is 16.9 Å².